The first-order chi connectivity index (χ1) is 19.0. The second-order valence-electron chi connectivity index (χ2n) is 9.84. The fourth-order valence-corrected chi connectivity index (χ4v) is 7.00. The Labute approximate surface area is 237 Å². The number of rotatable bonds is 5. The highest BCUT2D eigenvalue weighted by Gasteiger charge is 2.39. The van der Waals surface area contributed by atoms with Crippen molar-refractivity contribution in [2.24, 2.45) is 0 Å². The number of carbonyl (C=O) groups excluding carboxylic acids is 2. The van der Waals surface area contributed by atoms with E-state index in [9.17, 15) is 9.59 Å². The zero-order valence-corrected chi connectivity index (χ0v) is 23.0. The molecule has 2 atom stereocenters. The SMILES string of the molecule is C[C@@H]1C[C@@H](N(C(=O)c2sc3ccccc3c2Cl)c2ccccc2)c2ccccc2N1C(=O)Cc1ccccc1. The lowest BCUT2D eigenvalue weighted by Gasteiger charge is -2.43. The van der Waals surface area contributed by atoms with E-state index < -0.39 is 0 Å². The van der Waals surface area contributed by atoms with E-state index in [1.807, 2.05) is 119 Å². The topological polar surface area (TPSA) is 40.6 Å². The van der Waals surface area contributed by atoms with Crippen LogP contribution in [0.3, 0.4) is 0 Å². The first kappa shape index (κ1) is 25.4. The largest absolute Gasteiger partial charge is 0.309 e. The molecule has 4 aromatic carbocycles. The Balaban J connectivity index is 1.43. The number of hydrogen-bond donors (Lipinski definition) is 0. The van der Waals surface area contributed by atoms with Gasteiger partial charge in [0.25, 0.3) is 5.91 Å². The van der Waals surface area contributed by atoms with Crippen molar-refractivity contribution in [3.05, 3.63) is 130 Å². The lowest BCUT2D eigenvalue weighted by Crippen LogP contribution is -2.48. The molecule has 0 saturated carbocycles. The van der Waals surface area contributed by atoms with E-state index in [4.69, 9.17) is 11.6 Å². The van der Waals surface area contributed by atoms with Gasteiger partial charge in [-0.25, -0.2) is 0 Å². The zero-order chi connectivity index (χ0) is 26.9. The van der Waals surface area contributed by atoms with Gasteiger partial charge in [0.15, 0.2) is 0 Å². The number of amides is 2. The van der Waals surface area contributed by atoms with Crippen LogP contribution in [0.5, 0.6) is 0 Å². The van der Waals surface area contributed by atoms with E-state index in [1.54, 1.807) is 0 Å². The summed E-state index contributed by atoms with van der Waals surface area (Å²) in [5.41, 5.74) is 3.58. The van der Waals surface area contributed by atoms with Crippen LogP contribution in [-0.2, 0) is 11.2 Å². The molecule has 6 rings (SSSR count). The van der Waals surface area contributed by atoms with Gasteiger partial charge in [-0.05, 0) is 48.7 Å². The van der Waals surface area contributed by atoms with Gasteiger partial charge in [0.2, 0.25) is 5.91 Å². The van der Waals surface area contributed by atoms with Gasteiger partial charge in [-0.2, -0.15) is 0 Å². The van der Waals surface area contributed by atoms with Crippen LogP contribution in [0.1, 0.15) is 40.2 Å². The lowest BCUT2D eigenvalue weighted by atomic mass is 9.89. The molecule has 1 aromatic heterocycles. The third-order valence-corrected chi connectivity index (χ3v) is 8.98. The lowest BCUT2D eigenvalue weighted by molar-refractivity contribution is -0.118. The molecule has 0 unspecified atom stereocenters. The molecule has 2 amide bonds. The van der Waals surface area contributed by atoms with E-state index in [1.165, 1.54) is 11.3 Å². The smallest absolute Gasteiger partial charge is 0.270 e. The summed E-state index contributed by atoms with van der Waals surface area (Å²) in [6, 6.07) is 35.0. The summed E-state index contributed by atoms with van der Waals surface area (Å²) in [7, 11) is 0. The van der Waals surface area contributed by atoms with Crippen molar-refractivity contribution in [3.63, 3.8) is 0 Å². The molecular formula is C33H27ClN2O2S. The maximum absolute atomic E-state index is 14.4. The van der Waals surface area contributed by atoms with Crippen LogP contribution in [0.15, 0.2) is 109 Å². The Morgan fingerprint density at radius 2 is 1.51 bits per heavy atom. The number of nitrogens with zero attached hydrogens (tertiary/aromatic N) is 2. The minimum Gasteiger partial charge on any atom is -0.309 e. The van der Waals surface area contributed by atoms with Gasteiger partial charge in [-0.15, -0.1) is 11.3 Å². The zero-order valence-electron chi connectivity index (χ0n) is 21.5. The summed E-state index contributed by atoms with van der Waals surface area (Å²) in [6.45, 7) is 2.06. The van der Waals surface area contributed by atoms with Gasteiger partial charge in [-0.3, -0.25) is 14.5 Å². The van der Waals surface area contributed by atoms with Crippen LogP contribution in [-0.4, -0.2) is 17.9 Å². The number of fused-ring (bicyclic) bond motifs is 2. The average molecular weight is 551 g/mol. The summed E-state index contributed by atoms with van der Waals surface area (Å²) < 4.78 is 0.981. The highest BCUT2D eigenvalue weighted by molar-refractivity contribution is 7.21. The molecule has 0 spiro atoms. The Bertz CT molecular complexity index is 1650. The average Bonchev–Trinajstić information content (AvgIpc) is 3.30. The van der Waals surface area contributed by atoms with Crippen molar-refractivity contribution in [2.75, 3.05) is 9.80 Å². The van der Waals surface area contributed by atoms with Gasteiger partial charge in [0.05, 0.1) is 17.5 Å². The molecule has 1 aliphatic heterocycles. The number of hydrogen-bond acceptors (Lipinski definition) is 3. The Kier molecular flexibility index (Phi) is 6.94. The van der Waals surface area contributed by atoms with Crippen LogP contribution in [0.25, 0.3) is 10.1 Å². The highest BCUT2D eigenvalue weighted by Crippen LogP contribution is 2.45. The number of carbonyl (C=O) groups is 2. The predicted octanol–water partition coefficient (Wildman–Crippen LogP) is 8.31. The third-order valence-electron chi connectivity index (χ3n) is 7.32. The molecule has 0 aliphatic carbocycles. The molecule has 5 aromatic rings. The molecule has 2 heterocycles. The van der Waals surface area contributed by atoms with Crippen molar-refractivity contribution < 1.29 is 9.59 Å². The molecule has 0 N–H and O–H groups in total. The summed E-state index contributed by atoms with van der Waals surface area (Å²) in [4.78, 5) is 32.3. The maximum atomic E-state index is 14.4. The van der Waals surface area contributed by atoms with E-state index in [-0.39, 0.29) is 23.9 Å². The summed E-state index contributed by atoms with van der Waals surface area (Å²) in [5.74, 6) is -0.0896. The van der Waals surface area contributed by atoms with E-state index in [0.717, 1.165) is 32.6 Å². The van der Waals surface area contributed by atoms with E-state index in [2.05, 4.69) is 6.92 Å². The van der Waals surface area contributed by atoms with Crippen LogP contribution in [0.2, 0.25) is 5.02 Å². The van der Waals surface area contributed by atoms with Gasteiger partial charge in [-0.1, -0.05) is 96.5 Å². The van der Waals surface area contributed by atoms with E-state index >= 15 is 0 Å². The molecular weight excluding hydrogens is 524 g/mol. The second-order valence-corrected chi connectivity index (χ2v) is 11.3. The van der Waals surface area contributed by atoms with Crippen LogP contribution >= 0.6 is 22.9 Å². The Hall–Kier alpha value is -3.93. The monoisotopic (exact) mass is 550 g/mol. The molecule has 0 saturated heterocycles. The van der Waals surface area contributed by atoms with Crippen molar-refractivity contribution >= 4 is 56.2 Å². The Morgan fingerprint density at radius 1 is 0.872 bits per heavy atom. The van der Waals surface area contributed by atoms with Crippen LogP contribution in [0, 0.1) is 0 Å². The predicted molar refractivity (Wildman–Crippen MR) is 161 cm³/mol. The van der Waals surface area contributed by atoms with Crippen LogP contribution < -0.4 is 9.80 Å². The normalized spacial score (nSPS) is 16.6. The Morgan fingerprint density at radius 3 is 2.26 bits per heavy atom. The van der Waals surface area contributed by atoms with Crippen LogP contribution in [0.4, 0.5) is 11.4 Å². The number of thiophene rings is 1. The molecule has 194 valence electrons. The molecule has 0 radical (unpaired) electrons. The molecule has 6 heteroatoms. The van der Waals surface area contributed by atoms with Crippen molar-refractivity contribution in [2.45, 2.75) is 31.8 Å². The van der Waals surface area contributed by atoms with Crippen molar-refractivity contribution in [1.29, 1.82) is 0 Å². The second kappa shape index (κ2) is 10.7. The first-order valence-electron chi connectivity index (χ1n) is 13.0. The van der Waals surface area contributed by atoms with Gasteiger partial charge in [0.1, 0.15) is 4.88 Å². The highest BCUT2D eigenvalue weighted by atomic mass is 35.5. The number of benzene rings is 4. The molecule has 39 heavy (non-hydrogen) atoms. The van der Waals surface area contributed by atoms with Gasteiger partial charge >= 0.3 is 0 Å². The maximum Gasteiger partial charge on any atom is 0.270 e. The fraction of sp³-hybridized carbons (Fsp3) is 0.152. The van der Waals surface area contributed by atoms with Gasteiger partial charge in [0, 0.05) is 27.5 Å². The molecule has 0 fully saturated rings. The summed E-state index contributed by atoms with van der Waals surface area (Å²) in [5, 5.41) is 1.37. The number of anilines is 2. The summed E-state index contributed by atoms with van der Waals surface area (Å²) in [6.07, 6.45) is 0.920. The fourth-order valence-electron chi connectivity index (χ4n) is 5.55. The van der Waals surface area contributed by atoms with E-state index in [0.29, 0.717) is 22.7 Å². The van der Waals surface area contributed by atoms with Crippen molar-refractivity contribution in [1.82, 2.24) is 0 Å². The first-order valence-corrected chi connectivity index (χ1v) is 14.2. The summed E-state index contributed by atoms with van der Waals surface area (Å²) >= 11 is 8.22. The number of para-hydroxylation sites is 2. The number of halogens is 1. The molecule has 1 aliphatic rings. The molecule has 4 nitrogen and oxygen atoms in total. The molecule has 0 bridgehead atoms. The quantitative estimate of drug-likeness (QED) is 0.221. The minimum atomic E-state index is -0.270. The standard InChI is InChI=1S/C33H27ClN2O2S/c1-22-20-28(25-16-8-10-18-27(25)35(22)30(37)21-23-12-4-2-5-13-23)36(24-14-6-3-7-15-24)33(38)32-31(34)26-17-9-11-19-29(26)39-32/h2-19,22,28H,20-21H2,1H3/t22-,28-/m1/s1. The van der Waals surface area contributed by atoms with Crippen molar-refractivity contribution in [3.8, 4) is 0 Å². The minimum absolute atomic E-state index is 0.0461. The third kappa shape index (κ3) is 4.73. The van der Waals surface area contributed by atoms with Gasteiger partial charge < -0.3 is 4.90 Å².